The molecule has 2 rings (SSSR count). The Morgan fingerprint density at radius 1 is 1.30 bits per heavy atom. The first-order chi connectivity index (χ1) is 9.34. The summed E-state index contributed by atoms with van der Waals surface area (Å²) in [5.41, 5.74) is -0.454. The molecule has 1 aliphatic heterocycles. The van der Waals surface area contributed by atoms with Crippen molar-refractivity contribution in [1.29, 1.82) is 0 Å². The van der Waals surface area contributed by atoms with Crippen LogP contribution >= 0.6 is 0 Å². The second-order valence-electron chi connectivity index (χ2n) is 5.94. The van der Waals surface area contributed by atoms with Gasteiger partial charge in [-0.15, -0.1) is 0 Å². The molecule has 1 heterocycles. The van der Waals surface area contributed by atoms with E-state index in [0.717, 1.165) is 25.5 Å². The van der Waals surface area contributed by atoms with E-state index < -0.39 is 11.7 Å². The van der Waals surface area contributed by atoms with E-state index in [1.807, 2.05) is 11.8 Å². The molecule has 0 aliphatic carbocycles. The zero-order valence-electron chi connectivity index (χ0n) is 11.6. The van der Waals surface area contributed by atoms with Crippen molar-refractivity contribution in [3.8, 4) is 0 Å². The third-order valence-corrected chi connectivity index (χ3v) is 3.96. The summed E-state index contributed by atoms with van der Waals surface area (Å²) in [5, 5.41) is 9.41. The predicted molar refractivity (Wildman–Crippen MR) is 71.1 cm³/mol. The molecule has 1 aromatic carbocycles. The van der Waals surface area contributed by atoms with Gasteiger partial charge in [0.15, 0.2) is 0 Å². The number of alkyl halides is 3. The zero-order valence-corrected chi connectivity index (χ0v) is 11.6. The fourth-order valence-electron chi connectivity index (χ4n) is 2.87. The molecule has 0 radical (unpaired) electrons. The van der Waals surface area contributed by atoms with Crippen LogP contribution in [0.25, 0.3) is 0 Å². The van der Waals surface area contributed by atoms with Gasteiger partial charge in [0.05, 0.1) is 5.56 Å². The molecular formula is C15H20F3NO. The van der Waals surface area contributed by atoms with Gasteiger partial charge in [-0.25, -0.2) is 0 Å². The molecule has 1 atom stereocenters. The first-order valence-electron chi connectivity index (χ1n) is 6.82. The summed E-state index contributed by atoms with van der Waals surface area (Å²) < 4.78 is 38.9. The number of hydrogen-bond acceptors (Lipinski definition) is 2. The molecule has 1 saturated heterocycles. The van der Waals surface area contributed by atoms with Crippen LogP contribution in [0.15, 0.2) is 24.3 Å². The number of likely N-dealkylation sites (tertiary alicyclic amines) is 1. The standard InChI is InChI=1S/C15H20F3NO/c1-14(11-20)7-4-8-19(10-14)9-12-5-2-3-6-13(12)15(16,17)18/h2-3,5-6,20H,4,7-11H2,1H3. The van der Waals surface area contributed by atoms with Crippen molar-refractivity contribution >= 4 is 0 Å². The smallest absolute Gasteiger partial charge is 0.396 e. The molecular weight excluding hydrogens is 267 g/mol. The number of aliphatic hydroxyl groups excluding tert-OH is 1. The molecule has 20 heavy (non-hydrogen) atoms. The molecule has 0 aromatic heterocycles. The summed E-state index contributed by atoms with van der Waals surface area (Å²) in [6.07, 6.45) is -2.49. The largest absolute Gasteiger partial charge is 0.416 e. The van der Waals surface area contributed by atoms with Crippen LogP contribution in [-0.4, -0.2) is 29.7 Å². The monoisotopic (exact) mass is 287 g/mol. The highest BCUT2D eigenvalue weighted by Gasteiger charge is 2.35. The van der Waals surface area contributed by atoms with Crippen LogP contribution in [-0.2, 0) is 12.7 Å². The summed E-state index contributed by atoms with van der Waals surface area (Å²) in [7, 11) is 0. The minimum atomic E-state index is -4.31. The van der Waals surface area contributed by atoms with Crippen molar-refractivity contribution in [3.05, 3.63) is 35.4 Å². The molecule has 0 amide bonds. The van der Waals surface area contributed by atoms with E-state index in [1.165, 1.54) is 12.1 Å². The average molecular weight is 287 g/mol. The van der Waals surface area contributed by atoms with Crippen LogP contribution in [0.4, 0.5) is 13.2 Å². The van der Waals surface area contributed by atoms with Crippen molar-refractivity contribution < 1.29 is 18.3 Å². The Morgan fingerprint density at radius 2 is 2.00 bits per heavy atom. The van der Waals surface area contributed by atoms with Crippen molar-refractivity contribution in [2.45, 2.75) is 32.5 Å². The number of halogens is 3. The van der Waals surface area contributed by atoms with E-state index in [1.54, 1.807) is 6.07 Å². The van der Waals surface area contributed by atoms with Crippen LogP contribution in [0.5, 0.6) is 0 Å². The van der Waals surface area contributed by atoms with E-state index in [2.05, 4.69) is 0 Å². The number of benzene rings is 1. The SMILES string of the molecule is CC1(CO)CCCN(Cc2ccccc2C(F)(F)F)C1. The Kier molecular flexibility index (Phi) is 4.39. The van der Waals surface area contributed by atoms with E-state index in [-0.39, 0.29) is 18.6 Å². The minimum absolute atomic E-state index is 0.0738. The Morgan fingerprint density at radius 3 is 2.65 bits per heavy atom. The van der Waals surface area contributed by atoms with Gasteiger partial charge < -0.3 is 5.11 Å². The normalized spacial score (nSPS) is 24.9. The van der Waals surface area contributed by atoms with Crippen LogP contribution in [0.3, 0.4) is 0 Å². The molecule has 1 N–H and O–H groups in total. The molecule has 0 spiro atoms. The van der Waals surface area contributed by atoms with Gasteiger partial charge in [0.2, 0.25) is 0 Å². The first-order valence-corrected chi connectivity index (χ1v) is 6.82. The highest BCUT2D eigenvalue weighted by molar-refractivity contribution is 5.29. The van der Waals surface area contributed by atoms with Gasteiger partial charge in [0.1, 0.15) is 0 Å². The molecule has 1 fully saturated rings. The summed E-state index contributed by atoms with van der Waals surface area (Å²) in [4.78, 5) is 2.00. The summed E-state index contributed by atoms with van der Waals surface area (Å²) >= 11 is 0. The maximum absolute atomic E-state index is 13.0. The number of hydrogen-bond donors (Lipinski definition) is 1. The lowest BCUT2D eigenvalue weighted by Crippen LogP contribution is -2.43. The van der Waals surface area contributed by atoms with Crippen LogP contribution in [0.1, 0.15) is 30.9 Å². The molecule has 0 saturated carbocycles. The maximum Gasteiger partial charge on any atom is 0.416 e. The van der Waals surface area contributed by atoms with Gasteiger partial charge in [-0.05, 0) is 31.0 Å². The lowest BCUT2D eigenvalue weighted by molar-refractivity contribution is -0.138. The Hall–Kier alpha value is -1.07. The van der Waals surface area contributed by atoms with Gasteiger partial charge >= 0.3 is 6.18 Å². The highest BCUT2D eigenvalue weighted by atomic mass is 19.4. The topological polar surface area (TPSA) is 23.5 Å². The summed E-state index contributed by atoms with van der Waals surface area (Å²) in [6.45, 7) is 3.75. The number of nitrogens with zero attached hydrogens (tertiary/aromatic N) is 1. The number of rotatable bonds is 3. The molecule has 5 heteroatoms. The first kappa shape index (κ1) is 15.3. The number of piperidine rings is 1. The highest BCUT2D eigenvalue weighted by Crippen LogP contribution is 2.34. The van der Waals surface area contributed by atoms with Crippen LogP contribution < -0.4 is 0 Å². The third-order valence-electron chi connectivity index (χ3n) is 3.96. The van der Waals surface area contributed by atoms with Gasteiger partial charge in [-0.1, -0.05) is 25.1 Å². The van der Waals surface area contributed by atoms with Gasteiger partial charge in [-0.2, -0.15) is 13.2 Å². The van der Waals surface area contributed by atoms with E-state index in [0.29, 0.717) is 12.1 Å². The maximum atomic E-state index is 13.0. The fourth-order valence-corrected chi connectivity index (χ4v) is 2.87. The molecule has 2 nitrogen and oxygen atoms in total. The minimum Gasteiger partial charge on any atom is -0.396 e. The van der Waals surface area contributed by atoms with Gasteiger partial charge in [-0.3, -0.25) is 4.90 Å². The summed E-state index contributed by atoms with van der Waals surface area (Å²) in [5.74, 6) is 0. The molecule has 1 aromatic rings. The predicted octanol–water partition coefficient (Wildman–Crippen LogP) is 3.30. The Bertz CT molecular complexity index is 461. The lowest BCUT2D eigenvalue weighted by Gasteiger charge is -2.39. The average Bonchev–Trinajstić information content (AvgIpc) is 2.38. The summed E-state index contributed by atoms with van der Waals surface area (Å²) in [6, 6.07) is 5.72. The van der Waals surface area contributed by atoms with E-state index in [9.17, 15) is 18.3 Å². The Labute approximate surface area is 117 Å². The molecule has 112 valence electrons. The zero-order chi connectivity index (χ0) is 14.8. The second kappa shape index (κ2) is 5.74. The van der Waals surface area contributed by atoms with E-state index >= 15 is 0 Å². The second-order valence-corrected chi connectivity index (χ2v) is 5.94. The van der Waals surface area contributed by atoms with Crippen molar-refractivity contribution in [3.63, 3.8) is 0 Å². The van der Waals surface area contributed by atoms with Gasteiger partial charge in [0.25, 0.3) is 0 Å². The quantitative estimate of drug-likeness (QED) is 0.922. The van der Waals surface area contributed by atoms with Crippen molar-refractivity contribution in [2.24, 2.45) is 5.41 Å². The van der Waals surface area contributed by atoms with Crippen LogP contribution in [0, 0.1) is 5.41 Å². The third kappa shape index (κ3) is 3.52. The van der Waals surface area contributed by atoms with Crippen molar-refractivity contribution in [2.75, 3.05) is 19.7 Å². The molecule has 1 unspecified atom stereocenters. The van der Waals surface area contributed by atoms with E-state index in [4.69, 9.17) is 0 Å². The van der Waals surface area contributed by atoms with Gasteiger partial charge in [0, 0.05) is 25.1 Å². The lowest BCUT2D eigenvalue weighted by atomic mass is 9.82. The Balaban J connectivity index is 2.14. The number of aliphatic hydroxyl groups is 1. The van der Waals surface area contributed by atoms with Crippen molar-refractivity contribution in [1.82, 2.24) is 4.90 Å². The van der Waals surface area contributed by atoms with Crippen LogP contribution in [0.2, 0.25) is 0 Å². The molecule has 1 aliphatic rings. The fraction of sp³-hybridized carbons (Fsp3) is 0.600. The molecule has 0 bridgehead atoms.